The maximum atomic E-state index is 11.2. The molecule has 0 aromatic heterocycles. The molecule has 0 fully saturated rings. The van der Waals surface area contributed by atoms with Gasteiger partial charge in [0.05, 0.1) is 19.1 Å². The van der Waals surface area contributed by atoms with Gasteiger partial charge in [-0.15, -0.1) is 0 Å². The number of carbonyl (C=O) groups excluding carboxylic acids is 2. The maximum Gasteiger partial charge on any atom is 0.310 e. The Bertz CT molecular complexity index is 193. The van der Waals surface area contributed by atoms with Crippen LogP contribution in [0.5, 0.6) is 0 Å². The Hall–Kier alpha value is -1.10. The van der Waals surface area contributed by atoms with E-state index in [1.807, 2.05) is 0 Å². The van der Waals surface area contributed by atoms with Crippen LogP contribution in [0.2, 0.25) is 0 Å². The molecule has 0 bridgehead atoms. The highest BCUT2D eigenvalue weighted by Crippen LogP contribution is 2.04. The first-order valence-electron chi connectivity index (χ1n) is 4.61. The van der Waals surface area contributed by atoms with Gasteiger partial charge in [0.25, 0.3) is 0 Å². The lowest BCUT2D eigenvalue weighted by Crippen LogP contribution is -2.27. The number of rotatable bonds is 6. The Balaban J connectivity index is 3.78. The van der Waals surface area contributed by atoms with Gasteiger partial charge in [-0.1, -0.05) is 0 Å². The van der Waals surface area contributed by atoms with E-state index in [1.54, 1.807) is 6.92 Å². The van der Waals surface area contributed by atoms with Gasteiger partial charge in [0.2, 0.25) is 0 Å². The molecule has 0 aliphatic heterocycles. The quantitative estimate of drug-likeness (QED) is 0.618. The van der Waals surface area contributed by atoms with Gasteiger partial charge in [0, 0.05) is 13.5 Å². The van der Waals surface area contributed by atoms with Crippen molar-refractivity contribution in [1.82, 2.24) is 0 Å². The molecule has 14 heavy (non-hydrogen) atoms. The van der Waals surface area contributed by atoms with E-state index in [9.17, 15) is 9.59 Å². The van der Waals surface area contributed by atoms with Gasteiger partial charge in [-0.25, -0.2) is 0 Å². The summed E-state index contributed by atoms with van der Waals surface area (Å²) in [5.41, 5.74) is 5.38. The lowest BCUT2D eigenvalue weighted by Gasteiger charge is -2.12. The molecule has 2 N–H and O–H groups in total. The minimum Gasteiger partial charge on any atom is -0.466 e. The van der Waals surface area contributed by atoms with Gasteiger partial charge < -0.3 is 15.2 Å². The molecular weight excluding hydrogens is 186 g/mol. The van der Waals surface area contributed by atoms with E-state index in [4.69, 9.17) is 15.2 Å². The fraction of sp³-hybridized carbons (Fsp3) is 0.778. The molecule has 5 heteroatoms. The molecule has 0 aromatic carbocycles. The molecule has 0 saturated carbocycles. The number of esters is 2. The molecule has 0 aliphatic carbocycles. The van der Waals surface area contributed by atoms with E-state index in [0.29, 0.717) is 13.0 Å². The summed E-state index contributed by atoms with van der Waals surface area (Å²) < 4.78 is 9.49. The van der Waals surface area contributed by atoms with E-state index in [2.05, 4.69) is 0 Å². The average molecular weight is 203 g/mol. The van der Waals surface area contributed by atoms with Gasteiger partial charge in [-0.05, 0) is 13.3 Å². The molecule has 0 aromatic rings. The van der Waals surface area contributed by atoms with Crippen molar-refractivity contribution in [2.24, 2.45) is 11.7 Å². The first-order valence-corrected chi connectivity index (χ1v) is 4.61. The van der Waals surface area contributed by atoms with Gasteiger partial charge in [0.15, 0.2) is 0 Å². The molecule has 0 spiro atoms. The highest BCUT2D eigenvalue weighted by atomic mass is 16.5. The van der Waals surface area contributed by atoms with Crippen LogP contribution in [-0.4, -0.2) is 31.7 Å². The van der Waals surface area contributed by atoms with Crippen molar-refractivity contribution >= 4 is 11.9 Å². The molecule has 0 rings (SSSR count). The largest absolute Gasteiger partial charge is 0.466 e. The van der Waals surface area contributed by atoms with E-state index in [-0.39, 0.29) is 31.0 Å². The molecule has 5 nitrogen and oxygen atoms in total. The first-order chi connectivity index (χ1) is 6.61. The van der Waals surface area contributed by atoms with Crippen molar-refractivity contribution in [1.29, 1.82) is 0 Å². The van der Waals surface area contributed by atoms with Crippen LogP contribution in [0.1, 0.15) is 20.3 Å². The van der Waals surface area contributed by atoms with E-state index >= 15 is 0 Å². The molecule has 1 atom stereocenters. The van der Waals surface area contributed by atoms with Crippen LogP contribution in [0.15, 0.2) is 0 Å². The molecule has 0 aliphatic rings. The summed E-state index contributed by atoms with van der Waals surface area (Å²) in [5, 5.41) is 0. The lowest BCUT2D eigenvalue weighted by atomic mass is 10.1. The Labute approximate surface area is 83.5 Å². The Morgan fingerprint density at radius 2 is 2.00 bits per heavy atom. The van der Waals surface area contributed by atoms with Crippen LogP contribution >= 0.6 is 0 Å². The van der Waals surface area contributed by atoms with Crippen molar-refractivity contribution in [3.05, 3.63) is 0 Å². The summed E-state index contributed by atoms with van der Waals surface area (Å²) in [5.74, 6) is -1.07. The van der Waals surface area contributed by atoms with Crippen molar-refractivity contribution < 1.29 is 19.1 Å². The Kier molecular flexibility index (Phi) is 6.74. The highest BCUT2D eigenvalue weighted by Gasteiger charge is 2.17. The zero-order valence-electron chi connectivity index (χ0n) is 8.62. The summed E-state index contributed by atoms with van der Waals surface area (Å²) in [6.07, 6.45) is 0.412. The number of nitrogens with two attached hydrogens (primary N) is 1. The van der Waals surface area contributed by atoms with Crippen LogP contribution in [0.25, 0.3) is 0 Å². The fourth-order valence-electron chi connectivity index (χ4n) is 0.937. The van der Waals surface area contributed by atoms with Gasteiger partial charge in [0.1, 0.15) is 0 Å². The number of ether oxygens (including phenoxy) is 2. The van der Waals surface area contributed by atoms with E-state index < -0.39 is 0 Å². The van der Waals surface area contributed by atoms with Crippen molar-refractivity contribution in [2.75, 3.05) is 19.8 Å². The summed E-state index contributed by atoms with van der Waals surface area (Å²) in [6, 6.07) is 0. The van der Waals surface area contributed by atoms with Crippen LogP contribution in [0.4, 0.5) is 0 Å². The standard InChI is InChI=1S/C9H17NO4/c1-3-13-9(12)8(6-10)4-5-14-7(2)11/h8H,3-6,10H2,1-2H3. The van der Waals surface area contributed by atoms with Crippen LogP contribution in [-0.2, 0) is 19.1 Å². The lowest BCUT2D eigenvalue weighted by molar-refractivity contribution is -0.150. The minimum atomic E-state index is -0.380. The number of carbonyl (C=O) groups is 2. The number of hydrogen-bond acceptors (Lipinski definition) is 5. The summed E-state index contributed by atoms with van der Waals surface area (Å²) in [6.45, 7) is 3.80. The minimum absolute atomic E-state index is 0.204. The summed E-state index contributed by atoms with van der Waals surface area (Å²) >= 11 is 0. The van der Waals surface area contributed by atoms with Crippen molar-refractivity contribution in [2.45, 2.75) is 20.3 Å². The monoisotopic (exact) mass is 203 g/mol. The van der Waals surface area contributed by atoms with Gasteiger partial charge in [-0.3, -0.25) is 9.59 Å². The molecular formula is C9H17NO4. The highest BCUT2D eigenvalue weighted by molar-refractivity contribution is 5.72. The van der Waals surface area contributed by atoms with Gasteiger partial charge >= 0.3 is 11.9 Å². The molecule has 0 radical (unpaired) electrons. The van der Waals surface area contributed by atoms with Crippen molar-refractivity contribution in [3.63, 3.8) is 0 Å². The fourth-order valence-corrected chi connectivity index (χ4v) is 0.937. The van der Waals surface area contributed by atoms with Gasteiger partial charge in [-0.2, -0.15) is 0 Å². The molecule has 0 amide bonds. The van der Waals surface area contributed by atoms with Crippen LogP contribution in [0, 0.1) is 5.92 Å². The Morgan fingerprint density at radius 1 is 1.36 bits per heavy atom. The third kappa shape index (κ3) is 5.53. The zero-order valence-corrected chi connectivity index (χ0v) is 8.62. The van der Waals surface area contributed by atoms with Crippen LogP contribution in [0.3, 0.4) is 0 Å². The summed E-state index contributed by atoms with van der Waals surface area (Å²) in [7, 11) is 0. The van der Waals surface area contributed by atoms with Crippen LogP contribution < -0.4 is 5.73 Å². The predicted molar refractivity (Wildman–Crippen MR) is 50.4 cm³/mol. The van der Waals surface area contributed by atoms with E-state index in [1.165, 1.54) is 6.92 Å². The summed E-state index contributed by atoms with van der Waals surface area (Å²) in [4.78, 5) is 21.6. The second-order valence-electron chi connectivity index (χ2n) is 2.81. The third-order valence-corrected chi connectivity index (χ3v) is 1.68. The predicted octanol–water partition coefficient (Wildman–Crippen LogP) is 0.0776. The third-order valence-electron chi connectivity index (χ3n) is 1.68. The van der Waals surface area contributed by atoms with E-state index in [0.717, 1.165) is 0 Å². The molecule has 1 unspecified atom stereocenters. The SMILES string of the molecule is CCOC(=O)C(CN)CCOC(C)=O. The molecule has 0 saturated heterocycles. The number of hydrogen-bond donors (Lipinski definition) is 1. The molecule has 0 heterocycles. The Morgan fingerprint density at radius 3 is 2.43 bits per heavy atom. The van der Waals surface area contributed by atoms with Crippen molar-refractivity contribution in [3.8, 4) is 0 Å². The molecule has 82 valence electrons. The maximum absolute atomic E-state index is 11.2. The normalized spacial score (nSPS) is 11.9. The average Bonchev–Trinajstić information content (AvgIpc) is 2.12. The topological polar surface area (TPSA) is 78.6 Å². The smallest absolute Gasteiger partial charge is 0.310 e. The first kappa shape index (κ1) is 12.9. The second-order valence-corrected chi connectivity index (χ2v) is 2.81. The second kappa shape index (κ2) is 7.32. The zero-order chi connectivity index (χ0) is 11.0.